The molecule has 0 saturated heterocycles. The largest absolute Gasteiger partial charge is 0.494 e. The highest BCUT2D eigenvalue weighted by atomic mass is 35.5. The Morgan fingerprint density at radius 1 is 0.889 bits per heavy atom. The molecule has 1 aromatic rings. The van der Waals surface area contributed by atoms with E-state index in [-0.39, 0.29) is 12.4 Å². The average Bonchev–Trinajstić information content (AvgIpc) is 2.14. The molecule has 2 nitrogen and oxygen atoms in total. The fourth-order valence-corrected chi connectivity index (χ4v) is 1.08. The number of halogens is 7. The monoisotopic (exact) mass is 293 g/mol. The molecule has 0 aliphatic rings. The topological polar surface area (TPSA) is 20.3 Å². The summed E-state index contributed by atoms with van der Waals surface area (Å²) in [5, 5.41) is 0. The predicted molar refractivity (Wildman–Crippen MR) is 52.0 cm³/mol. The zero-order valence-electron chi connectivity index (χ0n) is 8.42. The summed E-state index contributed by atoms with van der Waals surface area (Å²) in [4.78, 5) is 9.06. The van der Waals surface area contributed by atoms with Crippen LogP contribution in [-0.2, 0) is 0 Å². The average molecular weight is 294 g/mol. The molecule has 0 unspecified atom stereocenters. The normalized spacial score (nSPS) is 11.7. The minimum absolute atomic E-state index is 0. The van der Waals surface area contributed by atoms with Crippen molar-refractivity contribution in [1.29, 1.82) is 0 Å². The fraction of sp³-hybridized carbons (Fsp3) is 0.222. The molecule has 0 radical (unpaired) electrons. The highest BCUT2D eigenvalue weighted by Crippen LogP contribution is 2.34. The van der Waals surface area contributed by atoms with Crippen LogP contribution in [0.1, 0.15) is 10.4 Å². The highest BCUT2D eigenvalue weighted by Gasteiger charge is 2.57. The maximum Gasteiger partial charge on any atom is 0.494 e. The van der Waals surface area contributed by atoms with Crippen molar-refractivity contribution in [2.75, 3.05) is 0 Å². The lowest BCUT2D eigenvalue weighted by atomic mass is 10.2. The van der Waals surface area contributed by atoms with Crippen LogP contribution in [0.5, 0.6) is 0 Å². The third-order valence-corrected chi connectivity index (χ3v) is 1.73. The summed E-state index contributed by atoms with van der Waals surface area (Å²) < 4.78 is 72.8. The highest BCUT2D eigenvalue weighted by molar-refractivity contribution is 5.94. The standard InChI is InChI=1S/C9H5F6NO.ClH/c10-8(11,12)16(9(13,14)15)7(17)6-4-2-1-3-5-6;/h1-5H;1H. The van der Waals surface area contributed by atoms with Gasteiger partial charge >= 0.3 is 12.6 Å². The number of benzene rings is 1. The van der Waals surface area contributed by atoms with Crippen molar-refractivity contribution in [2.45, 2.75) is 12.6 Å². The van der Waals surface area contributed by atoms with Crippen LogP contribution in [0.3, 0.4) is 0 Å². The van der Waals surface area contributed by atoms with Crippen molar-refractivity contribution >= 4 is 18.3 Å². The molecule has 0 spiro atoms. The van der Waals surface area contributed by atoms with E-state index in [0.717, 1.165) is 24.3 Å². The fourth-order valence-electron chi connectivity index (χ4n) is 1.08. The van der Waals surface area contributed by atoms with Gasteiger partial charge in [0.25, 0.3) is 5.91 Å². The Morgan fingerprint density at radius 3 is 1.61 bits per heavy atom. The third kappa shape index (κ3) is 3.80. The van der Waals surface area contributed by atoms with E-state index in [1.807, 2.05) is 0 Å². The molecule has 1 aromatic carbocycles. The lowest BCUT2D eigenvalue weighted by Gasteiger charge is -2.26. The van der Waals surface area contributed by atoms with E-state index in [1.165, 1.54) is 6.07 Å². The Bertz CT molecular complexity index is 388. The molecule has 1 rings (SSSR count). The lowest BCUT2D eigenvalue weighted by molar-refractivity contribution is -0.348. The lowest BCUT2D eigenvalue weighted by Crippen LogP contribution is -2.51. The molecule has 0 heterocycles. The van der Waals surface area contributed by atoms with Gasteiger partial charge in [-0.25, -0.2) is 0 Å². The van der Waals surface area contributed by atoms with Crippen molar-refractivity contribution in [3.8, 4) is 0 Å². The molecule has 0 aromatic heterocycles. The van der Waals surface area contributed by atoms with Gasteiger partial charge in [-0.05, 0) is 12.1 Å². The van der Waals surface area contributed by atoms with E-state index in [1.54, 1.807) is 0 Å². The minimum Gasteiger partial charge on any atom is -0.269 e. The number of amides is 1. The SMILES string of the molecule is Cl.O=C(c1ccccc1)N(C(F)(F)F)C(F)(F)F. The summed E-state index contributed by atoms with van der Waals surface area (Å²) in [6.45, 7) is 0. The van der Waals surface area contributed by atoms with Gasteiger partial charge in [-0.1, -0.05) is 18.2 Å². The van der Waals surface area contributed by atoms with Gasteiger partial charge in [-0.15, -0.1) is 38.7 Å². The van der Waals surface area contributed by atoms with Gasteiger partial charge in [-0.3, -0.25) is 4.79 Å². The second-order valence-electron chi connectivity index (χ2n) is 2.94. The minimum atomic E-state index is -5.81. The van der Waals surface area contributed by atoms with E-state index in [9.17, 15) is 31.1 Å². The summed E-state index contributed by atoms with van der Waals surface area (Å²) in [5.41, 5.74) is -0.692. The summed E-state index contributed by atoms with van der Waals surface area (Å²) in [6.07, 6.45) is -11.6. The molecule has 0 aliphatic heterocycles. The zero-order chi connectivity index (χ0) is 13.3. The first-order valence-corrected chi connectivity index (χ1v) is 4.17. The first-order chi connectivity index (χ1) is 7.64. The van der Waals surface area contributed by atoms with Gasteiger partial charge in [0.15, 0.2) is 0 Å². The molecular formula is C9H6ClF6NO. The maximum atomic E-state index is 12.1. The summed E-state index contributed by atoms with van der Waals surface area (Å²) >= 11 is 0. The smallest absolute Gasteiger partial charge is 0.269 e. The molecular weight excluding hydrogens is 288 g/mol. The Kier molecular flexibility index (Phi) is 5.03. The molecule has 0 N–H and O–H groups in total. The van der Waals surface area contributed by atoms with E-state index in [2.05, 4.69) is 0 Å². The number of carbonyl (C=O) groups excluding carboxylic acids is 1. The van der Waals surface area contributed by atoms with Crippen LogP contribution in [0.15, 0.2) is 30.3 Å². The Hall–Kier alpha value is -1.44. The van der Waals surface area contributed by atoms with Crippen LogP contribution in [0.2, 0.25) is 0 Å². The van der Waals surface area contributed by atoms with Gasteiger partial charge in [0.2, 0.25) is 0 Å². The zero-order valence-corrected chi connectivity index (χ0v) is 9.23. The Morgan fingerprint density at radius 2 is 1.28 bits per heavy atom. The van der Waals surface area contributed by atoms with Crippen LogP contribution in [-0.4, -0.2) is 23.4 Å². The maximum absolute atomic E-state index is 12.1. The van der Waals surface area contributed by atoms with Crippen molar-refractivity contribution in [3.63, 3.8) is 0 Å². The van der Waals surface area contributed by atoms with Crippen LogP contribution in [0.4, 0.5) is 26.3 Å². The van der Waals surface area contributed by atoms with Crippen LogP contribution in [0, 0.1) is 0 Å². The van der Waals surface area contributed by atoms with Gasteiger partial charge in [0.1, 0.15) is 0 Å². The Labute approximate surface area is 104 Å². The van der Waals surface area contributed by atoms with E-state index < -0.39 is 29.0 Å². The van der Waals surface area contributed by atoms with E-state index in [0.29, 0.717) is 0 Å². The molecule has 18 heavy (non-hydrogen) atoms. The molecule has 0 atom stereocenters. The second-order valence-corrected chi connectivity index (χ2v) is 2.94. The van der Waals surface area contributed by atoms with Crippen LogP contribution < -0.4 is 0 Å². The van der Waals surface area contributed by atoms with Crippen molar-refractivity contribution in [3.05, 3.63) is 35.9 Å². The van der Waals surface area contributed by atoms with Crippen molar-refractivity contribution in [1.82, 2.24) is 4.90 Å². The summed E-state index contributed by atoms with van der Waals surface area (Å²) in [5.74, 6) is -2.16. The summed E-state index contributed by atoms with van der Waals surface area (Å²) in [7, 11) is 0. The number of hydrogen-bond acceptors (Lipinski definition) is 1. The van der Waals surface area contributed by atoms with Crippen LogP contribution in [0.25, 0.3) is 0 Å². The summed E-state index contributed by atoms with van der Waals surface area (Å²) in [6, 6.07) is 5.43. The van der Waals surface area contributed by atoms with Crippen molar-refractivity contribution in [2.24, 2.45) is 0 Å². The molecule has 9 heteroatoms. The van der Waals surface area contributed by atoms with Gasteiger partial charge < -0.3 is 0 Å². The Balaban J connectivity index is 0.00000289. The number of nitrogens with zero attached hydrogens (tertiary/aromatic N) is 1. The molecule has 102 valence electrons. The number of rotatable bonds is 1. The first-order valence-electron chi connectivity index (χ1n) is 4.17. The quantitative estimate of drug-likeness (QED) is 0.572. The molecule has 0 bridgehead atoms. The third-order valence-electron chi connectivity index (χ3n) is 1.73. The van der Waals surface area contributed by atoms with Gasteiger partial charge in [-0.2, -0.15) is 4.90 Å². The molecule has 0 saturated carbocycles. The van der Waals surface area contributed by atoms with Crippen LogP contribution >= 0.6 is 12.4 Å². The van der Waals surface area contributed by atoms with Crippen molar-refractivity contribution < 1.29 is 31.1 Å². The number of hydrogen-bond donors (Lipinski definition) is 0. The predicted octanol–water partition coefficient (Wildman–Crippen LogP) is 3.59. The van der Waals surface area contributed by atoms with Gasteiger partial charge in [0.05, 0.1) is 0 Å². The molecule has 0 aliphatic carbocycles. The van der Waals surface area contributed by atoms with E-state index >= 15 is 0 Å². The first kappa shape index (κ1) is 16.6. The molecule has 1 amide bonds. The number of alkyl halides is 6. The van der Waals surface area contributed by atoms with Gasteiger partial charge in [0, 0.05) is 5.56 Å². The van der Waals surface area contributed by atoms with E-state index in [4.69, 9.17) is 0 Å². The number of carbonyl (C=O) groups is 1. The second kappa shape index (κ2) is 5.47. The molecule has 0 fully saturated rings.